The maximum Gasteiger partial charge on any atom is 0.0602 e. The lowest BCUT2D eigenvalue weighted by Gasteiger charge is -2.33. The van der Waals surface area contributed by atoms with Crippen molar-refractivity contribution in [2.75, 3.05) is 7.11 Å². The van der Waals surface area contributed by atoms with Crippen molar-refractivity contribution in [3.8, 4) is 0 Å². The highest BCUT2D eigenvalue weighted by atomic mass is 16.5. The predicted molar refractivity (Wildman–Crippen MR) is 52.1 cm³/mol. The molecule has 1 aliphatic rings. The van der Waals surface area contributed by atoms with E-state index < -0.39 is 0 Å². The molecule has 1 saturated carbocycles. The van der Waals surface area contributed by atoms with Gasteiger partial charge < -0.3 is 4.74 Å². The summed E-state index contributed by atoms with van der Waals surface area (Å²) < 4.78 is 5.44. The fraction of sp³-hybridized carbons (Fsp3) is 0.818. The van der Waals surface area contributed by atoms with Gasteiger partial charge in [-0.1, -0.05) is 19.1 Å². The molecule has 0 amide bonds. The Labute approximate surface area is 75.8 Å². The molecule has 0 aromatic carbocycles. The summed E-state index contributed by atoms with van der Waals surface area (Å²) in [5, 5.41) is 0. The summed E-state index contributed by atoms with van der Waals surface area (Å²) in [6.07, 6.45) is 4.22. The fourth-order valence-electron chi connectivity index (χ4n) is 2.06. The Morgan fingerprint density at radius 3 is 2.58 bits per heavy atom. The van der Waals surface area contributed by atoms with Crippen molar-refractivity contribution in [2.45, 2.75) is 39.2 Å². The Bertz CT molecular complexity index is 162. The van der Waals surface area contributed by atoms with Gasteiger partial charge in [0.25, 0.3) is 0 Å². The van der Waals surface area contributed by atoms with Gasteiger partial charge in [0.05, 0.1) is 6.10 Å². The molecule has 1 rings (SSSR count). The lowest BCUT2D eigenvalue weighted by atomic mass is 9.78. The zero-order valence-corrected chi connectivity index (χ0v) is 8.47. The summed E-state index contributed by atoms with van der Waals surface area (Å²) in [4.78, 5) is 0. The number of hydrogen-bond donors (Lipinski definition) is 0. The molecule has 1 nitrogen and oxygen atoms in total. The van der Waals surface area contributed by atoms with E-state index in [-0.39, 0.29) is 0 Å². The molecule has 1 heteroatoms. The number of allylic oxidation sites excluding steroid dienone is 1. The van der Waals surface area contributed by atoms with Gasteiger partial charge >= 0.3 is 0 Å². The number of ether oxygens (including phenoxy) is 1. The molecule has 0 spiro atoms. The van der Waals surface area contributed by atoms with Crippen LogP contribution in [0, 0.1) is 11.8 Å². The summed E-state index contributed by atoms with van der Waals surface area (Å²) in [5.74, 6) is 1.43. The molecule has 0 heterocycles. The van der Waals surface area contributed by atoms with Crippen molar-refractivity contribution in [2.24, 2.45) is 11.8 Å². The first-order valence-electron chi connectivity index (χ1n) is 4.83. The first-order chi connectivity index (χ1) is 5.65. The molecule has 0 radical (unpaired) electrons. The average molecular weight is 168 g/mol. The third-order valence-corrected chi connectivity index (χ3v) is 3.12. The maximum absolute atomic E-state index is 5.44. The quantitative estimate of drug-likeness (QED) is 0.576. The van der Waals surface area contributed by atoms with Crippen molar-refractivity contribution < 1.29 is 4.74 Å². The van der Waals surface area contributed by atoms with E-state index in [1.165, 1.54) is 24.8 Å². The maximum atomic E-state index is 5.44. The van der Waals surface area contributed by atoms with Crippen LogP contribution in [0.2, 0.25) is 0 Å². The van der Waals surface area contributed by atoms with Crippen molar-refractivity contribution in [1.82, 2.24) is 0 Å². The minimum absolute atomic E-state index is 0.459. The molecule has 0 aliphatic heterocycles. The van der Waals surface area contributed by atoms with E-state index in [9.17, 15) is 0 Å². The Balaban J connectivity index is 2.49. The normalized spacial score (nSPS) is 36.4. The number of hydrogen-bond acceptors (Lipinski definition) is 1. The van der Waals surface area contributed by atoms with Crippen LogP contribution < -0.4 is 0 Å². The van der Waals surface area contributed by atoms with Gasteiger partial charge in [0.15, 0.2) is 0 Å². The Hall–Kier alpha value is -0.300. The van der Waals surface area contributed by atoms with Crippen molar-refractivity contribution in [3.05, 3.63) is 12.2 Å². The van der Waals surface area contributed by atoms with Crippen molar-refractivity contribution in [3.63, 3.8) is 0 Å². The second kappa shape index (κ2) is 4.08. The van der Waals surface area contributed by atoms with Crippen LogP contribution in [0.4, 0.5) is 0 Å². The molecule has 0 aromatic heterocycles. The summed E-state index contributed by atoms with van der Waals surface area (Å²) in [7, 11) is 1.82. The molecule has 12 heavy (non-hydrogen) atoms. The Morgan fingerprint density at radius 1 is 1.42 bits per heavy atom. The molecule has 1 unspecified atom stereocenters. The van der Waals surface area contributed by atoms with Gasteiger partial charge in [-0.3, -0.25) is 0 Å². The summed E-state index contributed by atoms with van der Waals surface area (Å²) in [6, 6.07) is 0. The standard InChI is InChI=1S/C11H20O/c1-8(2)10-6-5-9(3)11(7-10)12-4/h9-11H,1,5-7H2,2-4H3/t9-,10?,11-/m1/s1. The van der Waals surface area contributed by atoms with Gasteiger partial charge in [-0.05, 0) is 38.0 Å². The number of rotatable bonds is 2. The van der Waals surface area contributed by atoms with Crippen LogP contribution in [0.1, 0.15) is 33.1 Å². The van der Waals surface area contributed by atoms with Gasteiger partial charge in [0.1, 0.15) is 0 Å². The molecule has 3 atom stereocenters. The second-order valence-corrected chi connectivity index (χ2v) is 4.11. The van der Waals surface area contributed by atoms with E-state index in [0.717, 1.165) is 5.92 Å². The van der Waals surface area contributed by atoms with Gasteiger partial charge in [0.2, 0.25) is 0 Å². The smallest absolute Gasteiger partial charge is 0.0602 e. The molecule has 0 bridgehead atoms. The zero-order valence-electron chi connectivity index (χ0n) is 8.47. The molecule has 1 fully saturated rings. The third kappa shape index (κ3) is 2.10. The van der Waals surface area contributed by atoms with Gasteiger partial charge in [-0.15, -0.1) is 0 Å². The first-order valence-corrected chi connectivity index (χ1v) is 4.83. The minimum Gasteiger partial charge on any atom is -0.381 e. The highest BCUT2D eigenvalue weighted by molar-refractivity contribution is 4.99. The molecular weight excluding hydrogens is 148 g/mol. The average Bonchev–Trinajstić information content (AvgIpc) is 2.05. The van der Waals surface area contributed by atoms with Gasteiger partial charge in [-0.25, -0.2) is 0 Å². The molecule has 0 saturated heterocycles. The monoisotopic (exact) mass is 168 g/mol. The van der Waals surface area contributed by atoms with E-state index in [1.54, 1.807) is 0 Å². The number of methoxy groups -OCH3 is 1. The predicted octanol–water partition coefficient (Wildman–Crippen LogP) is 3.01. The highest BCUT2D eigenvalue weighted by Gasteiger charge is 2.27. The van der Waals surface area contributed by atoms with E-state index >= 15 is 0 Å². The lowest BCUT2D eigenvalue weighted by Crippen LogP contribution is -2.29. The van der Waals surface area contributed by atoms with E-state index in [4.69, 9.17) is 4.74 Å². The van der Waals surface area contributed by atoms with Gasteiger partial charge in [-0.2, -0.15) is 0 Å². The van der Waals surface area contributed by atoms with E-state index in [2.05, 4.69) is 20.4 Å². The highest BCUT2D eigenvalue weighted by Crippen LogP contribution is 2.33. The Morgan fingerprint density at radius 2 is 2.08 bits per heavy atom. The van der Waals surface area contributed by atoms with Crippen molar-refractivity contribution in [1.29, 1.82) is 0 Å². The summed E-state index contributed by atoms with van der Waals surface area (Å²) in [6.45, 7) is 8.43. The Kier molecular flexibility index (Phi) is 3.33. The minimum atomic E-state index is 0.459. The molecule has 70 valence electrons. The van der Waals surface area contributed by atoms with Crippen LogP contribution in [-0.4, -0.2) is 13.2 Å². The molecule has 1 aliphatic carbocycles. The van der Waals surface area contributed by atoms with Crippen LogP contribution in [0.5, 0.6) is 0 Å². The largest absolute Gasteiger partial charge is 0.381 e. The van der Waals surface area contributed by atoms with Crippen LogP contribution in [0.25, 0.3) is 0 Å². The van der Waals surface area contributed by atoms with Gasteiger partial charge in [0, 0.05) is 7.11 Å². The molecular formula is C11H20O. The molecule has 0 N–H and O–H groups in total. The van der Waals surface area contributed by atoms with Crippen LogP contribution >= 0.6 is 0 Å². The van der Waals surface area contributed by atoms with E-state index in [1.807, 2.05) is 7.11 Å². The van der Waals surface area contributed by atoms with Crippen LogP contribution in [0.15, 0.2) is 12.2 Å². The zero-order chi connectivity index (χ0) is 9.14. The second-order valence-electron chi connectivity index (χ2n) is 4.11. The van der Waals surface area contributed by atoms with Crippen molar-refractivity contribution >= 4 is 0 Å². The lowest BCUT2D eigenvalue weighted by molar-refractivity contribution is 0.0176. The van der Waals surface area contributed by atoms with Crippen LogP contribution in [0.3, 0.4) is 0 Å². The van der Waals surface area contributed by atoms with E-state index in [0.29, 0.717) is 12.0 Å². The molecule has 0 aromatic rings. The summed E-state index contributed by atoms with van der Waals surface area (Å²) >= 11 is 0. The summed E-state index contributed by atoms with van der Waals surface area (Å²) in [5.41, 5.74) is 1.32. The third-order valence-electron chi connectivity index (χ3n) is 3.12. The first kappa shape index (κ1) is 9.79. The fourth-order valence-corrected chi connectivity index (χ4v) is 2.06. The SMILES string of the molecule is C=C(C)C1CC[C@@H](C)[C@H](OC)C1. The topological polar surface area (TPSA) is 9.23 Å². The van der Waals surface area contributed by atoms with Crippen LogP contribution in [-0.2, 0) is 4.74 Å².